The summed E-state index contributed by atoms with van der Waals surface area (Å²) in [5.41, 5.74) is 3.80. The quantitative estimate of drug-likeness (QED) is 0.616. The highest BCUT2D eigenvalue weighted by atomic mass is 16.5. The van der Waals surface area contributed by atoms with E-state index in [0.29, 0.717) is 6.54 Å². The number of amides is 2. The molecule has 0 unspecified atom stereocenters. The van der Waals surface area contributed by atoms with E-state index in [0.717, 1.165) is 34.1 Å². The minimum absolute atomic E-state index is 0.267. The van der Waals surface area contributed by atoms with Crippen LogP contribution in [-0.4, -0.2) is 42.0 Å². The van der Waals surface area contributed by atoms with E-state index in [-0.39, 0.29) is 24.8 Å². The summed E-state index contributed by atoms with van der Waals surface area (Å²) in [6.07, 6.45) is 2.87. The van der Waals surface area contributed by atoms with Crippen LogP contribution >= 0.6 is 0 Å². The molecule has 0 aliphatic carbocycles. The molecule has 1 atom stereocenters. The van der Waals surface area contributed by atoms with Gasteiger partial charge in [-0.1, -0.05) is 36.4 Å². The predicted molar refractivity (Wildman–Crippen MR) is 113 cm³/mol. The summed E-state index contributed by atoms with van der Waals surface area (Å²) in [5.74, 6) is -1.24. The SMILES string of the molecule is CC(=O)N[C@@H](Cc1c[nH]c2ccccc12)C(=O)OCC(=O)N1CCc2ccccc21. The zero-order chi connectivity index (χ0) is 21.1. The third-order valence-electron chi connectivity index (χ3n) is 5.29. The van der Waals surface area contributed by atoms with Gasteiger partial charge in [0.25, 0.3) is 5.91 Å². The molecule has 1 aliphatic heterocycles. The molecule has 1 aromatic heterocycles. The van der Waals surface area contributed by atoms with Crippen LogP contribution in [0.15, 0.2) is 54.7 Å². The van der Waals surface area contributed by atoms with Crippen LogP contribution in [0.25, 0.3) is 10.9 Å². The number of benzene rings is 2. The number of para-hydroxylation sites is 2. The number of ether oxygens (including phenoxy) is 1. The lowest BCUT2D eigenvalue weighted by Crippen LogP contribution is -2.43. The Hall–Kier alpha value is -3.61. The van der Waals surface area contributed by atoms with Crippen LogP contribution < -0.4 is 10.2 Å². The highest BCUT2D eigenvalue weighted by Crippen LogP contribution is 2.27. The third-order valence-corrected chi connectivity index (χ3v) is 5.29. The van der Waals surface area contributed by atoms with Gasteiger partial charge in [-0.3, -0.25) is 9.59 Å². The van der Waals surface area contributed by atoms with Gasteiger partial charge in [0.1, 0.15) is 6.04 Å². The fraction of sp³-hybridized carbons (Fsp3) is 0.261. The first-order valence-corrected chi connectivity index (χ1v) is 9.90. The van der Waals surface area contributed by atoms with Crippen LogP contribution in [0.4, 0.5) is 5.69 Å². The number of carbonyl (C=O) groups is 3. The van der Waals surface area contributed by atoms with Gasteiger partial charge in [-0.15, -0.1) is 0 Å². The summed E-state index contributed by atoms with van der Waals surface area (Å²) >= 11 is 0. The molecular formula is C23H23N3O4. The Labute approximate surface area is 174 Å². The number of anilines is 1. The number of aromatic nitrogens is 1. The number of rotatable bonds is 6. The van der Waals surface area contributed by atoms with E-state index in [1.807, 2.05) is 54.7 Å². The smallest absolute Gasteiger partial charge is 0.329 e. The number of nitrogens with one attached hydrogen (secondary N) is 2. The van der Waals surface area contributed by atoms with Crippen molar-refractivity contribution in [2.75, 3.05) is 18.1 Å². The normalized spacial score (nSPS) is 13.7. The molecule has 154 valence electrons. The van der Waals surface area contributed by atoms with E-state index < -0.39 is 12.0 Å². The highest BCUT2D eigenvalue weighted by molar-refractivity contribution is 5.97. The molecule has 0 saturated heterocycles. The first-order chi connectivity index (χ1) is 14.5. The van der Waals surface area contributed by atoms with E-state index in [1.54, 1.807) is 4.90 Å². The van der Waals surface area contributed by atoms with E-state index in [2.05, 4.69) is 10.3 Å². The number of aromatic amines is 1. The van der Waals surface area contributed by atoms with Crippen molar-refractivity contribution in [3.8, 4) is 0 Å². The standard InChI is InChI=1S/C23H23N3O4/c1-15(27)25-20(12-17-13-24-19-8-4-3-7-18(17)19)23(29)30-14-22(28)26-11-10-16-6-2-5-9-21(16)26/h2-9,13,20,24H,10-12,14H2,1H3,(H,25,27)/t20-/m0/s1. The Kier molecular flexibility index (Phi) is 5.52. The lowest BCUT2D eigenvalue weighted by molar-refractivity contribution is -0.151. The van der Waals surface area contributed by atoms with E-state index >= 15 is 0 Å². The molecule has 0 spiro atoms. The first kappa shape index (κ1) is 19.7. The van der Waals surface area contributed by atoms with Crippen molar-refractivity contribution in [3.05, 3.63) is 65.9 Å². The molecule has 0 saturated carbocycles. The molecule has 2 amide bonds. The van der Waals surface area contributed by atoms with Gasteiger partial charge in [-0.25, -0.2) is 4.79 Å². The molecule has 1 aliphatic rings. The van der Waals surface area contributed by atoms with Crippen molar-refractivity contribution in [2.45, 2.75) is 25.8 Å². The van der Waals surface area contributed by atoms with Crippen LogP contribution in [-0.2, 0) is 32.0 Å². The number of esters is 1. The van der Waals surface area contributed by atoms with Gasteiger partial charge < -0.3 is 19.9 Å². The lowest BCUT2D eigenvalue weighted by atomic mass is 10.0. The number of H-pyrrole nitrogens is 1. The summed E-state index contributed by atoms with van der Waals surface area (Å²) < 4.78 is 5.30. The summed E-state index contributed by atoms with van der Waals surface area (Å²) in [5, 5.41) is 3.62. The molecule has 2 aromatic carbocycles. The first-order valence-electron chi connectivity index (χ1n) is 9.90. The zero-order valence-electron chi connectivity index (χ0n) is 16.7. The van der Waals surface area contributed by atoms with Crippen molar-refractivity contribution in [1.29, 1.82) is 0 Å². The molecule has 3 aromatic rings. The molecule has 4 rings (SSSR count). The number of fused-ring (bicyclic) bond motifs is 2. The molecule has 0 radical (unpaired) electrons. The maximum atomic E-state index is 12.7. The van der Waals surface area contributed by atoms with Crippen molar-refractivity contribution < 1.29 is 19.1 Å². The van der Waals surface area contributed by atoms with Gasteiger partial charge in [-0.2, -0.15) is 0 Å². The van der Waals surface area contributed by atoms with E-state index in [1.165, 1.54) is 6.92 Å². The van der Waals surface area contributed by atoms with Crippen molar-refractivity contribution in [2.24, 2.45) is 0 Å². The Bertz CT molecular complexity index is 1100. The Morgan fingerprint density at radius 1 is 1.13 bits per heavy atom. The van der Waals surface area contributed by atoms with Crippen LogP contribution in [0, 0.1) is 0 Å². The fourth-order valence-corrected chi connectivity index (χ4v) is 3.87. The number of nitrogens with zero attached hydrogens (tertiary/aromatic N) is 1. The monoisotopic (exact) mass is 405 g/mol. The van der Waals surface area contributed by atoms with Crippen molar-refractivity contribution >= 4 is 34.4 Å². The summed E-state index contributed by atoms with van der Waals surface area (Å²) in [6.45, 7) is 1.55. The average Bonchev–Trinajstić information content (AvgIpc) is 3.35. The second kappa shape index (κ2) is 8.41. The van der Waals surface area contributed by atoms with Crippen LogP contribution in [0.1, 0.15) is 18.1 Å². The third kappa shape index (κ3) is 4.05. The maximum absolute atomic E-state index is 12.7. The van der Waals surface area contributed by atoms with E-state index in [9.17, 15) is 14.4 Å². The average molecular weight is 405 g/mol. The molecule has 30 heavy (non-hydrogen) atoms. The second-order valence-corrected chi connectivity index (χ2v) is 7.35. The molecule has 2 heterocycles. The molecule has 2 N–H and O–H groups in total. The topological polar surface area (TPSA) is 91.5 Å². The second-order valence-electron chi connectivity index (χ2n) is 7.35. The Morgan fingerprint density at radius 3 is 2.73 bits per heavy atom. The fourth-order valence-electron chi connectivity index (χ4n) is 3.87. The van der Waals surface area contributed by atoms with Crippen LogP contribution in [0.5, 0.6) is 0 Å². The summed E-state index contributed by atoms with van der Waals surface area (Å²) in [6, 6.07) is 14.5. The van der Waals surface area contributed by atoms with Crippen molar-refractivity contribution in [3.63, 3.8) is 0 Å². The van der Waals surface area contributed by atoms with E-state index in [4.69, 9.17) is 4.74 Å². The number of hydrogen-bond donors (Lipinski definition) is 2. The Morgan fingerprint density at radius 2 is 1.90 bits per heavy atom. The largest absolute Gasteiger partial charge is 0.454 e. The van der Waals surface area contributed by atoms with Gasteiger partial charge in [-0.05, 0) is 29.7 Å². The molecule has 7 heteroatoms. The number of carbonyl (C=O) groups excluding carboxylic acids is 3. The molecule has 0 bridgehead atoms. The Balaban J connectivity index is 1.42. The minimum Gasteiger partial charge on any atom is -0.454 e. The summed E-state index contributed by atoms with van der Waals surface area (Å²) in [4.78, 5) is 41.7. The van der Waals surface area contributed by atoms with Crippen LogP contribution in [0.3, 0.4) is 0 Å². The number of hydrogen-bond acceptors (Lipinski definition) is 4. The molecule has 0 fully saturated rings. The highest BCUT2D eigenvalue weighted by Gasteiger charge is 2.27. The van der Waals surface area contributed by atoms with Gasteiger partial charge in [0.2, 0.25) is 5.91 Å². The van der Waals surface area contributed by atoms with Gasteiger partial charge in [0, 0.05) is 42.7 Å². The van der Waals surface area contributed by atoms with Gasteiger partial charge in [0.05, 0.1) is 0 Å². The molecular weight excluding hydrogens is 382 g/mol. The lowest BCUT2D eigenvalue weighted by Gasteiger charge is -2.19. The maximum Gasteiger partial charge on any atom is 0.329 e. The van der Waals surface area contributed by atoms with Crippen molar-refractivity contribution in [1.82, 2.24) is 10.3 Å². The zero-order valence-corrected chi connectivity index (χ0v) is 16.7. The molecule has 7 nitrogen and oxygen atoms in total. The van der Waals surface area contributed by atoms with Crippen LogP contribution in [0.2, 0.25) is 0 Å². The minimum atomic E-state index is -0.875. The predicted octanol–water partition coefficient (Wildman–Crippen LogP) is 2.35. The van der Waals surface area contributed by atoms with Gasteiger partial charge in [0.15, 0.2) is 6.61 Å². The van der Waals surface area contributed by atoms with Gasteiger partial charge >= 0.3 is 5.97 Å². The summed E-state index contributed by atoms with van der Waals surface area (Å²) in [7, 11) is 0.